The fraction of sp³-hybridized carbons (Fsp3) is 0.700. The molecule has 0 aliphatic carbocycles. The average molecular weight is 518 g/mol. The molecule has 0 spiro atoms. The van der Waals surface area contributed by atoms with Crippen molar-refractivity contribution in [2.45, 2.75) is 125 Å². The highest BCUT2D eigenvalue weighted by Gasteiger charge is 2.38. The smallest absolute Gasteiger partial charge is 0.408 e. The van der Waals surface area contributed by atoms with E-state index < -0.39 is 23.8 Å². The first-order valence-electron chi connectivity index (χ1n) is 13.9. The van der Waals surface area contributed by atoms with Crippen molar-refractivity contribution in [2.75, 3.05) is 6.54 Å². The minimum atomic E-state index is -0.829. The van der Waals surface area contributed by atoms with Crippen LogP contribution in [0.3, 0.4) is 0 Å². The topological polar surface area (TPSA) is 87.7 Å². The molecule has 7 heteroatoms. The summed E-state index contributed by atoms with van der Waals surface area (Å²) in [6.45, 7) is 19.7. The Hall–Kier alpha value is -2.57. The molecule has 1 aromatic rings. The molecule has 2 N–H and O–H groups in total. The van der Waals surface area contributed by atoms with Gasteiger partial charge in [0.25, 0.3) is 0 Å². The van der Waals surface area contributed by atoms with Gasteiger partial charge in [0.1, 0.15) is 17.7 Å². The number of benzene rings is 1. The minimum Gasteiger partial charge on any atom is -0.444 e. The molecule has 37 heavy (non-hydrogen) atoms. The second-order valence-electron chi connectivity index (χ2n) is 11.6. The van der Waals surface area contributed by atoms with Crippen molar-refractivity contribution < 1.29 is 19.1 Å². The molecule has 3 atom stereocenters. The van der Waals surface area contributed by atoms with E-state index in [1.165, 1.54) is 0 Å². The number of hydrogen-bond acceptors (Lipinski definition) is 4. The fourth-order valence-corrected chi connectivity index (χ4v) is 4.36. The summed E-state index contributed by atoms with van der Waals surface area (Å²) in [6.07, 6.45) is 3.84. The molecule has 3 unspecified atom stereocenters. The molecule has 1 aromatic carbocycles. The highest BCUT2D eigenvalue weighted by molar-refractivity contribution is 5.92. The van der Waals surface area contributed by atoms with Gasteiger partial charge in [0, 0.05) is 12.6 Å². The Bertz CT molecular complexity index is 891. The average Bonchev–Trinajstić information content (AvgIpc) is 2.77. The maximum Gasteiger partial charge on any atom is 0.408 e. The summed E-state index contributed by atoms with van der Waals surface area (Å²) < 4.78 is 5.45. The highest BCUT2D eigenvalue weighted by atomic mass is 16.6. The number of nitrogens with one attached hydrogen (secondary N) is 2. The molecule has 7 nitrogen and oxygen atoms in total. The van der Waals surface area contributed by atoms with E-state index in [0.29, 0.717) is 6.54 Å². The van der Waals surface area contributed by atoms with Gasteiger partial charge in [0.05, 0.1) is 0 Å². The zero-order valence-corrected chi connectivity index (χ0v) is 24.9. The van der Waals surface area contributed by atoms with Crippen LogP contribution in [0.5, 0.6) is 0 Å². The van der Waals surface area contributed by atoms with Crippen LogP contribution in [0.25, 0.3) is 0 Å². The van der Waals surface area contributed by atoms with Crippen LogP contribution in [0.1, 0.15) is 110 Å². The number of alkyl carbamates (subject to hydrolysis) is 1. The van der Waals surface area contributed by atoms with Crippen molar-refractivity contribution in [3.8, 4) is 0 Å². The third-order valence-electron chi connectivity index (χ3n) is 6.29. The van der Waals surface area contributed by atoms with E-state index in [1.807, 2.05) is 52.8 Å². The zero-order chi connectivity index (χ0) is 28.3. The van der Waals surface area contributed by atoms with Gasteiger partial charge in [-0.15, -0.1) is 0 Å². The summed E-state index contributed by atoms with van der Waals surface area (Å²) in [7, 11) is 0. The number of ether oxygens (including phenoxy) is 1. The number of rotatable bonds is 13. The summed E-state index contributed by atoms with van der Waals surface area (Å²) in [5.74, 6) is -0.671. The summed E-state index contributed by atoms with van der Waals surface area (Å²) in [4.78, 5) is 42.4. The second kappa shape index (κ2) is 15.0. The molecule has 0 heterocycles. The van der Waals surface area contributed by atoms with Gasteiger partial charge in [-0.3, -0.25) is 9.59 Å². The van der Waals surface area contributed by atoms with Crippen LogP contribution in [-0.2, 0) is 14.3 Å². The van der Waals surface area contributed by atoms with Gasteiger partial charge in [-0.2, -0.15) is 0 Å². The van der Waals surface area contributed by atoms with Gasteiger partial charge in [0.15, 0.2) is 0 Å². The number of carbonyl (C=O) groups excluding carboxylic acids is 3. The maximum atomic E-state index is 14.2. The van der Waals surface area contributed by atoms with Crippen molar-refractivity contribution in [1.82, 2.24) is 15.5 Å². The number of carbonyl (C=O) groups is 3. The third kappa shape index (κ3) is 10.7. The molecule has 210 valence electrons. The lowest BCUT2D eigenvalue weighted by atomic mass is 9.94. The molecule has 0 aliphatic heterocycles. The normalized spacial score (nSPS) is 14.0. The van der Waals surface area contributed by atoms with Crippen molar-refractivity contribution in [1.29, 1.82) is 0 Å². The lowest BCUT2D eigenvalue weighted by Crippen LogP contribution is -2.55. The fourth-order valence-electron chi connectivity index (χ4n) is 4.36. The van der Waals surface area contributed by atoms with E-state index in [-0.39, 0.29) is 23.8 Å². The van der Waals surface area contributed by atoms with Crippen LogP contribution in [0.2, 0.25) is 0 Å². The predicted octanol–water partition coefficient (Wildman–Crippen LogP) is 6.22. The molecule has 3 amide bonds. The first-order chi connectivity index (χ1) is 17.2. The standard InChI is InChI=1S/C30H51N3O4/c1-11-13-14-18-33(28(35)25(20(3)4)32-29(36)37-30(8,9)10)26(27(34)31-23(7)15-12-2)24-19-21(5)16-17-22(24)6/h16-17,19-20,23,25-26H,11-15,18H2,1-10H3,(H,31,34)(H,32,36). The van der Waals surface area contributed by atoms with Gasteiger partial charge >= 0.3 is 6.09 Å². The van der Waals surface area contributed by atoms with E-state index in [2.05, 4.69) is 24.5 Å². The molecule has 0 aromatic heterocycles. The molecule has 0 saturated carbocycles. The van der Waals surface area contributed by atoms with Gasteiger partial charge in [-0.05, 0) is 71.4 Å². The molecule has 0 bridgehead atoms. The van der Waals surface area contributed by atoms with Crippen LogP contribution in [0, 0.1) is 19.8 Å². The van der Waals surface area contributed by atoms with Crippen LogP contribution in [0.15, 0.2) is 18.2 Å². The number of nitrogens with zero attached hydrogens (tertiary/aromatic N) is 1. The predicted molar refractivity (Wildman–Crippen MR) is 150 cm³/mol. The zero-order valence-electron chi connectivity index (χ0n) is 24.9. The lowest BCUT2D eigenvalue weighted by Gasteiger charge is -2.36. The van der Waals surface area contributed by atoms with Gasteiger partial charge in [-0.1, -0.05) is 70.7 Å². The van der Waals surface area contributed by atoms with Gasteiger partial charge < -0.3 is 20.3 Å². The monoisotopic (exact) mass is 517 g/mol. The Morgan fingerprint density at radius 1 is 0.973 bits per heavy atom. The summed E-state index contributed by atoms with van der Waals surface area (Å²) >= 11 is 0. The van der Waals surface area contributed by atoms with E-state index in [1.54, 1.807) is 25.7 Å². The summed E-state index contributed by atoms with van der Waals surface area (Å²) in [5, 5.41) is 5.94. The molecule has 0 fully saturated rings. The number of unbranched alkanes of at least 4 members (excludes halogenated alkanes) is 2. The molecular weight excluding hydrogens is 466 g/mol. The lowest BCUT2D eigenvalue weighted by molar-refractivity contribution is -0.143. The molecule has 1 rings (SSSR count). The highest BCUT2D eigenvalue weighted by Crippen LogP contribution is 2.28. The Morgan fingerprint density at radius 3 is 2.16 bits per heavy atom. The number of hydrogen-bond donors (Lipinski definition) is 2. The van der Waals surface area contributed by atoms with Crippen LogP contribution in [0.4, 0.5) is 4.79 Å². The van der Waals surface area contributed by atoms with Crippen molar-refractivity contribution in [3.05, 3.63) is 34.9 Å². The number of aryl methyl sites for hydroxylation is 2. The second-order valence-corrected chi connectivity index (χ2v) is 11.6. The quantitative estimate of drug-likeness (QED) is 0.304. The molecule has 0 radical (unpaired) electrons. The Kier molecular flexibility index (Phi) is 13.2. The summed E-state index contributed by atoms with van der Waals surface area (Å²) in [6, 6.07) is 4.36. The Morgan fingerprint density at radius 2 is 1.62 bits per heavy atom. The molecule has 0 saturated heterocycles. The van der Waals surface area contributed by atoms with Crippen molar-refractivity contribution >= 4 is 17.9 Å². The van der Waals surface area contributed by atoms with Crippen LogP contribution in [-0.4, -0.2) is 47.0 Å². The van der Waals surface area contributed by atoms with Gasteiger partial charge in [-0.25, -0.2) is 4.79 Å². The van der Waals surface area contributed by atoms with E-state index in [9.17, 15) is 14.4 Å². The van der Waals surface area contributed by atoms with Gasteiger partial charge in [0.2, 0.25) is 11.8 Å². The van der Waals surface area contributed by atoms with Crippen molar-refractivity contribution in [3.63, 3.8) is 0 Å². The molecular formula is C30H51N3O4. The maximum absolute atomic E-state index is 14.2. The van der Waals surface area contributed by atoms with Crippen LogP contribution < -0.4 is 10.6 Å². The van der Waals surface area contributed by atoms with Crippen molar-refractivity contribution in [2.24, 2.45) is 5.92 Å². The molecule has 0 aliphatic rings. The third-order valence-corrected chi connectivity index (χ3v) is 6.29. The Labute approximate surface area is 225 Å². The first kappa shape index (κ1) is 32.5. The van der Waals surface area contributed by atoms with Crippen LogP contribution >= 0.6 is 0 Å². The SMILES string of the molecule is CCCCCN(C(=O)C(NC(=O)OC(C)(C)C)C(C)C)C(C(=O)NC(C)CCC)c1cc(C)ccc1C. The minimum absolute atomic E-state index is 0.0153. The van der Waals surface area contributed by atoms with E-state index >= 15 is 0 Å². The van der Waals surface area contributed by atoms with E-state index in [0.717, 1.165) is 48.8 Å². The summed E-state index contributed by atoms with van der Waals surface area (Å²) in [5.41, 5.74) is 2.09. The first-order valence-corrected chi connectivity index (χ1v) is 13.9. The number of amides is 3. The Balaban J connectivity index is 3.56. The largest absolute Gasteiger partial charge is 0.444 e. The van der Waals surface area contributed by atoms with E-state index in [4.69, 9.17) is 4.74 Å².